The van der Waals surface area contributed by atoms with Crippen LogP contribution in [0.3, 0.4) is 0 Å². The molecule has 4 heterocycles. The van der Waals surface area contributed by atoms with E-state index in [-0.39, 0.29) is 12.5 Å². The molecule has 0 spiro atoms. The van der Waals surface area contributed by atoms with Gasteiger partial charge in [0, 0.05) is 44.3 Å². The number of para-hydroxylation sites is 3. The van der Waals surface area contributed by atoms with Crippen molar-refractivity contribution < 1.29 is 4.39 Å². The standard InChI is InChI=1S/C36H22BFN2/c38-23-9-5-8-21(18-23)22-19-32-34-33(20-22)40-31-17-4-2-11-25(31)27-13-7-15-29(36(27)40)37(34)28-14-6-12-26-24-10-1-3-16-30(24)39(32)35(26)28/h1,3-10,12-20H,2,11H2. The number of benzene rings is 5. The average Bonchev–Trinajstić information content (AvgIpc) is 3.52. The largest absolute Gasteiger partial charge is 0.311 e. The molecule has 7 aromatic rings. The van der Waals surface area contributed by atoms with Gasteiger partial charge in [0.15, 0.2) is 0 Å². The molecule has 2 nitrogen and oxygen atoms in total. The number of allylic oxidation sites excluding steroid dienone is 1. The van der Waals surface area contributed by atoms with Gasteiger partial charge in [-0.25, -0.2) is 4.39 Å². The van der Waals surface area contributed by atoms with E-state index in [1.165, 1.54) is 77.8 Å². The monoisotopic (exact) mass is 512 g/mol. The molecule has 10 rings (SSSR count). The maximum atomic E-state index is 14.5. The van der Waals surface area contributed by atoms with Crippen LogP contribution >= 0.6 is 0 Å². The first-order valence-corrected chi connectivity index (χ1v) is 14.1. The summed E-state index contributed by atoms with van der Waals surface area (Å²) in [6.07, 6.45) is 6.73. The molecule has 0 atom stereocenters. The van der Waals surface area contributed by atoms with Gasteiger partial charge in [0.2, 0.25) is 0 Å². The molecule has 0 bridgehead atoms. The predicted octanol–water partition coefficient (Wildman–Crippen LogP) is 6.64. The highest BCUT2D eigenvalue weighted by Crippen LogP contribution is 2.40. The summed E-state index contributed by atoms with van der Waals surface area (Å²) >= 11 is 0. The minimum Gasteiger partial charge on any atom is -0.311 e. The van der Waals surface area contributed by atoms with Crippen LogP contribution in [0.1, 0.15) is 17.7 Å². The quantitative estimate of drug-likeness (QED) is 0.219. The van der Waals surface area contributed by atoms with Gasteiger partial charge in [0.25, 0.3) is 6.71 Å². The Kier molecular flexibility index (Phi) is 3.80. The van der Waals surface area contributed by atoms with E-state index in [4.69, 9.17) is 0 Å². The van der Waals surface area contributed by atoms with Gasteiger partial charge in [-0.3, -0.25) is 0 Å². The summed E-state index contributed by atoms with van der Waals surface area (Å²) in [4.78, 5) is 0. The van der Waals surface area contributed by atoms with Crippen LogP contribution in [-0.4, -0.2) is 15.8 Å². The number of hydrogen-bond acceptors (Lipinski definition) is 0. The Morgan fingerprint density at radius 3 is 2.23 bits per heavy atom. The Balaban J connectivity index is 1.46. The highest BCUT2D eigenvalue weighted by molar-refractivity contribution is 7.00. The van der Waals surface area contributed by atoms with E-state index in [0.29, 0.717) is 0 Å². The molecule has 0 saturated heterocycles. The number of aromatic nitrogens is 2. The summed E-state index contributed by atoms with van der Waals surface area (Å²) in [6.45, 7) is 0.128. The van der Waals surface area contributed by atoms with Crippen molar-refractivity contribution in [2.75, 3.05) is 0 Å². The third-order valence-electron chi connectivity index (χ3n) is 9.42. The van der Waals surface area contributed by atoms with Crippen molar-refractivity contribution in [1.29, 1.82) is 0 Å². The third-order valence-corrected chi connectivity index (χ3v) is 9.42. The Labute approximate surface area is 230 Å². The first kappa shape index (κ1) is 21.1. The highest BCUT2D eigenvalue weighted by Gasteiger charge is 2.41. The summed E-state index contributed by atoms with van der Waals surface area (Å²) in [5.74, 6) is -0.213. The molecule has 2 aromatic heterocycles. The maximum Gasteiger partial charge on any atom is 0.252 e. The van der Waals surface area contributed by atoms with Crippen molar-refractivity contribution in [3.63, 3.8) is 0 Å². The lowest BCUT2D eigenvalue weighted by molar-refractivity contribution is 0.628. The van der Waals surface area contributed by atoms with Gasteiger partial charge < -0.3 is 9.13 Å². The smallest absolute Gasteiger partial charge is 0.252 e. The molecule has 186 valence electrons. The number of rotatable bonds is 1. The van der Waals surface area contributed by atoms with Crippen molar-refractivity contribution in [2.24, 2.45) is 0 Å². The zero-order valence-corrected chi connectivity index (χ0v) is 21.7. The molecular formula is C36H22BFN2. The first-order valence-electron chi connectivity index (χ1n) is 14.1. The summed E-state index contributed by atoms with van der Waals surface area (Å²) in [7, 11) is 0. The Morgan fingerprint density at radius 2 is 1.38 bits per heavy atom. The zero-order chi connectivity index (χ0) is 26.1. The zero-order valence-electron chi connectivity index (χ0n) is 21.7. The van der Waals surface area contributed by atoms with Gasteiger partial charge in [-0.15, -0.1) is 0 Å². The minimum absolute atomic E-state index is 0.128. The Bertz CT molecular complexity index is 2300. The summed E-state index contributed by atoms with van der Waals surface area (Å²) in [5.41, 5.74) is 14.9. The molecule has 40 heavy (non-hydrogen) atoms. The van der Waals surface area contributed by atoms with Gasteiger partial charge in [-0.1, -0.05) is 72.8 Å². The number of hydrogen-bond donors (Lipinski definition) is 0. The average molecular weight is 512 g/mol. The van der Waals surface area contributed by atoms with Crippen LogP contribution in [0.15, 0.2) is 103 Å². The van der Waals surface area contributed by atoms with Gasteiger partial charge in [-0.05, 0) is 82.3 Å². The summed E-state index contributed by atoms with van der Waals surface area (Å²) < 4.78 is 19.5. The summed E-state index contributed by atoms with van der Waals surface area (Å²) in [6, 6.07) is 34.0. The molecule has 1 aliphatic carbocycles. The van der Waals surface area contributed by atoms with Gasteiger partial charge in [-0.2, -0.15) is 0 Å². The van der Waals surface area contributed by atoms with Crippen LogP contribution in [0, 0.1) is 5.82 Å². The van der Waals surface area contributed by atoms with Crippen LogP contribution in [0.5, 0.6) is 0 Å². The van der Waals surface area contributed by atoms with E-state index in [0.717, 1.165) is 24.0 Å². The molecule has 0 fully saturated rings. The molecule has 0 saturated carbocycles. The van der Waals surface area contributed by atoms with Crippen LogP contribution in [0.4, 0.5) is 4.39 Å². The van der Waals surface area contributed by atoms with Crippen molar-refractivity contribution in [1.82, 2.24) is 9.13 Å². The topological polar surface area (TPSA) is 9.86 Å². The van der Waals surface area contributed by atoms with Crippen LogP contribution in [-0.2, 0) is 6.42 Å². The molecule has 2 aliphatic heterocycles. The molecular weight excluding hydrogens is 490 g/mol. The molecule has 4 heteroatoms. The van der Waals surface area contributed by atoms with Crippen molar-refractivity contribution >= 4 is 61.9 Å². The van der Waals surface area contributed by atoms with E-state index < -0.39 is 0 Å². The fourth-order valence-electron chi connectivity index (χ4n) is 7.92. The maximum absolute atomic E-state index is 14.5. The second kappa shape index (κ2) is 7.22. The number of nitrogens with zero attached hydrogens (tertiary/aromatic N) is 2. The third kappa shape index (κ3) is 2.42. The molecule has 0 unspecified atom stereocenters. The highest BCUT2D eigenvalue weighted by atomic mass is 19.1. The molecule has 0 N–H and O–H groups in total. The SMILES string of the molecule is Fc1cccc(-c2cc3c4c(c2)-n2c5ccccc5c5cccc(c52)B4c2cccc4c5c(n-3c24)C=CCC5)c1. The van der Waals surface area contributed by atoms with E-state index in [9.17, 15) is 4.39 Å². The normalized spacial score (nSPS) is 14.3. The van der Waals surface area contributed by atoms with Gasteiger partial charge in [0.05, 0.1) is 5.52 Å². The van der Waals surface area contributed by atoms with E-state index in [1.54, 1.807) is 6.07 Å². The van der Waals surface area contributed by atoms with E-state index in [2.05, 4.69) is 94.1 Å². The summed E-state index contributed by atoms with van der Waals surface area (Å²) in [5, 5.41) is 3.91. The second-order valence-electron chi connectivity index (χ2n) is 11.4. The van der Waals surface area contributed by atoms with E-state index in [1.807, 2.05) is 12.1 Å². The van der Waals surface area contributed by atoms with Crippen LogP contribution in [0.2, 0.25) is 0 Å². The first-order chi connectivity index (χ1) is 19.8. The van der Waals surface area contributed by atoms with Crippen molar-refractivity contribution in [3.8, 4) is 22.5 Å². The van der Waals surface area contributed by atoms with Crippen molar-refractivity contribution in [3.05, 3.63) is 120 Å². The molecule has 0 radical (unpaired) electrons. The predicted molar refractivity (Wildman–Crippen MR) is 165 cm³/mol. The lowest BCUT2D eigenvalue weighted by Crippen LogP contribution is -2.59. The Hall–Kier alpha value is -4.83. The second-order valence-corrected chi connectivity index (χ2v) is 11.4. The number of halogens is 1. The molecule has 0 amide bonds. The molecule has 3 aliphatic rings. The fourth-order valence-corrected chi connectivity index (χ4v) is 7.92. The Morgan fingerprint density at radius 1 is 0.650 bits per heavy atom. The van der Waals surface area contributed by atoms with Gasteiger partial charge in [0.1, 0.15) is 5.82 Å². The lowest BCUT2D eigenvalue weighted by atomic mass is 9.34. The fraction of sp³-hybridized carbons (Fsp3) is 0.0556. The van der Waals surface area contributed by atoms with Crippen molar-refractivity contribution in [2.45, 2.75) is 12.8 Å². The minimum atomic E-state index is -0.213. The number of fused-ring (bicyclic) bond motifs is 10. The van der Waals surface area contributed by atoms with Crippen LogP contribution in [0.25, 0.3) is 61.3 Å². The lowest BCUT2D eigenvalue weighted by Gasteiger charge is -2.34. The molecule has 5 aromatic carbocycles. The number of aryl methyl sites for hydroxylation is 1. The van der Waals surface area contributed by atoms with Gasteiger partial charge >= 0.3 is 0 Å². The van der Waals surface area contributed by atoms with Crippen LogP contribution < -0.4 is 16.4 Å². The van der Waals surface area contributed by atoms with E-state index >= 15 is 0 Å².